The second kappa shape index (κ2) is 3.10. The topological polar surface area (TPSA) is 61.0 Å². The first-order valence-corrected chi connectivity index (χ1v) is 3.82. The number of hydrogen-bond acceptors (Lipinski definition) is 3. The Bertz CT molecular complexity index is 321. The summed E-state index contributed by atoms with van der Waals surface area (Å²) in [7, 11) is 0. The van der Waals surface area contributed by atoms with Crippen molar-refractivity contribution in [3.8, 4) is 0 Å². The van der Waals surface area contributed by atoms with Crippen molar-refractivity contribution in [1.29, 1.82) is 0 Å². The van der Waals surface area contributed by atoms with Gasteiger partial charge in [0.05, 0.1) is 6.54 Å². The van der Waals surface area contributed by atoms with E-state index in [4.69, 9.17) is 11.6 Å². The Balaban J connectivity index is 3.32. The lowest BCUT2D eigenvalue weighted by atomic mass is 10.6. The van der Waals surface area contributed by atoms with E-state index < -0.39 is 4.92 Å². The van der Waals surface area contributed by atoms with Crippen LogP contribution in [0.2, 0.25) is 5.15 Å². The molecular weight excluding hydrogens is 182 g/mol. The molecule has 0 amide bonds. The highest BCUT2D eigenvalue weighted by Crippen LogP contribution is 2.24. The lowest BCUT2D eigenvalue weighted by molar-refractivity contribution is -0.392. The molecule has 1 aromatic rings. The first-order valence-electron chi connectivity index (χ1n) is 3.45. The lowest BCUT2D eigenvalue weighted by Gasteiger charge is -1.97. The molecule has 1 heterocycles. The molecule has 66 valence electrons. The SMILES string of the molecule is CCn1c(C)nc(Cl)c1[N+](=O)[O-]. The molecule has 0 radical (unpaired) electrons. The standard InChI is InChI=1S/C6H8ClN3O2/c1-3-9-4(2)8-5(7)6(9)10(11)12/h3H2,1-2H3. The van der Waals surface area contributed by atoms with Gasteiger partial charge >= 0.3 is 5.82 Å². The average molecular weight is 190 g/mol. The Morgan fingerprint density at radius 1 is 1.75 bits per heavy atom. The zero-order chi connectivity index (χ0) is 9.30. The Morgan fingerprint density at radius 2 is 2.33 bits per heavy atom. The maximum atomic E-state index is 10.5. The van der Waals surface area contributed by atoms with Crippen LogP contribution in [-0.4, -0.2) is 14.5 Å². The van der Waals surface area contributed by atoms with Gasteiger partial charge < -0.3 is 10.1 Å². The van der Waals surface area contributed by atoms with Gasteiger partial charge in [0.1, 0.15) is 0 Å². The van der Waals surface area contributed by atoms with Crippen LogP contribution < -0.4 is 0 Å². The predicted molar refractivity (Wildman–Crippen MR) is 44.3 cm³/mol. The number of halogens is 1. The monoisotopic (exact) mass is 189 g/mol. The number of rotatable bonds is 2. The van der Waals surface area contributed by atoms with Crippen LogP contribution in [0.5, 0.6) is 0 Å². The van der Waals surface area contributed by atoms with E-state index in [-0.39, 0.29) is 11.0 Å². The summed E-state index contributed by atoms with van der Waals surface area (Å²) in [5, 5.41) is 10.4. The lowest BCUT2D eigenvalue weighted by Crippen LogP contribution is -2.02. The number of nitro groups is 1. The van der Waals surface area contributed by atoms with Gasteiger partial charge in [0.2, 0.25) is 5.15 Å². The van der Waals surface area contributed by atoms with E-state index in [0.717, 1.165) is 0 Å². The minimum absolute atomic E-state index is 0.0423. The van der Waals surface area contributed by atoms with Crippen molar-refractivity contribution in [2.24, 2.45) is 0 Å². The Kier molecular flexibility index (Phi) is 2.32. The summed E-state index contributed by atoms with van der Waals surface area (Å²) in [6.07, 6.45) is 0. The van der Waals surface area contributed by atoms with Crippen LogP contribution in [0.1, 0.15) is 12.7 Å². The summed E-state index contributed by atoms with van der Waals surface area (Å²) in [5.74, 6) is 0.436. The van der Waals surface area contributed by atoms with E-state index in [1.165, 1.54) is 4.57 Å². The molecule has 0 bridgehead atoms. The summed E-state index contributed by atoms with van der Waals surface area (Å²) in [5.41, 5.74) is 0. The highest BCUT2D eigenvalue weighted by molar-refractivity contribution is 6.31. The molecule has 0 saturated carbocycles. The maximum absolute atomic E-state index is 10.5. The van der Waals surface area contributed by atoms with E-state index in [0.29, 0.717) is 12.4 Å². The number of aromatic nitrogens is 2. The summed E-state index contributed by atoms with van der Waals surface area (Å²) in [6.45, 7) is 3.99. The molecule has 0 atom stereocenters. The summed E-state index contributed by atoms with van der Waals surface area (Å²) < 4.78 is 1.46. The van der Waals surface area contributed by atoms with Crippen molar-refractivity contribution in [3.63, 3.8) is 0 Å². The highest BCUT2D eigenvalue weighted by atomic mass is 35.5. The first kappa shape index (κ1) is 8.99. The number of hydrogen-bond donors (Lipinski definition) is 0. The minimum Gasteiger partial charge on any atom is -0.358 e. The first-order chi connectivity index (χ1) is 5.57. The molecular formula is C6H8ClN3O2. The predicted octanol–water partition coefficient (Wildman–Crippen LogP) is 1.77. The van der Waals surface area contributed by atoms with Gasteiger partial charge in [-0.25, -0.2) is 4.57 Å². The van der Waals surface area contributed by atoms with E-state index in [1.807, 2.05) is 0 Å². The maximum Gasteiger partial charge on any atom is 0.362 e. The Hall–Kier alpha value is -1.10. The fraction of sp³-hybridized carbons (Fsp3) is 0.500. The largest absolute Gasteiger partial charge is 0.362 e. The third-order valence-electron chi connectivity index (χ3n) is 1.58. The normalized spacial score (nSPS) is 10.2. The molecule has 0 fully saturated rings. The smallest absolute Gasteiger partial charge is 0.358 e. The van der Waals surface area contributed by atoms with Crippen LogP contribution in [0.25, 0.3) is 0 Å². The van der Waals surface area contributed by atoms with E-state index in [9.17, 15) is 10.1 Å². The van der Waals surface area contributed by atoms with Crippen LogP contribution in [0.15, 0.2) is 0 Å². The summed E-state index contributed by atoms with van der Waals surface area (Å²) >= 11 is 5.55. The third kappa shape index (κ3) is 1.27. The van der Waals surface area contributed by atoms with Crippen LogP contribution >= 0.6 is 11.6 Å². The summed E-state index contributed by atoms with van der Waals surface area (Å²) in [6, 6.07) is 0. The summed E-state index contributed by atoms with van der Waals surface area (Å²) in [4.78, 5) is 13.7. The number of nitrogens with zero attached hydrogens (tertiary/aromatic N) is 3. The molecule has 0 N–H and O–H groups in total. The van der Waals surface area contributed by atoms with Gasteiger partial charge in [0.15, 0.2) is 5.82 Å². The zero-order valence-electron chi connectivity index (χ0n) is 6.74. The van der Waals surface area contributed by atoms with Gasteiger partial charge in [-0.3, -0.25) is 0 Å². The van der Waals surface area contributed by atoms with Crippen molar-refractivity contribution in [1.82, 2.24) is 9.55 Å². The molecule has 6 heteroatoms. The molecule has 5 nitrogen and oxygen atoms in total. The quantitative estimate of drug-likeness (QED) is 0.526. The molecule has 1 rings (SSSR count). The van der Waals surface area contributed by atoms with Gasteiger partial charge in [-0.15, -0.1) is 0 Å². The van der Waals surface area contributed by atoms with Gasteiger partial charge in [0, 0.05) is 6.92 Å². The van der Waals surface area contributed by atoms with E-state index in [2.05, 4.69) is 4.98 Å². The van der Waals surface area contributed by atoms with Gasteiger partial charge in [-0.05, 0) is 11.8 Å². The molecule has 0 aliphatic rings. The molecule has 0 aliphatic carbocycles. The molecule has 12 heavy (non-hydrogen) atoms. The van der Waals surface area contributed by atoms with Crippen LogP contribution in [0.3, 0.4) is 0 Å². The number of aryl methyl sites for hydroxylation is 1. The molecule has 1 aromatic heterocycles. The Labute approximate surface area is 74.1 Å². The molecule has 0 aromatic carbocycles. The fourth-order valence-electron chi connectivity index (χ4n) is 1.07. The number of imidazole rings is 1. The Morgan fingerprint density at radius 3 is 2.67 bits per heavy atom. The highest BCUT2D eigenvalue weighted by Gasteiger charge is 2.22. The van der Waals surface area contributed by atoms with Crippen molar-refractivity contribution in [3.05, 3.63) is 21.1 Å². The van der Waals surface area contributed by atoms with Crippen molar-refractivity contribution in [2.75, 3.05) is 0 Å². The van der Waals surface area contributed by atoms with Gasteiger partial charge in [-0.1, -0.05) is 11.6 Å². The molecule has 0 aliphatic heterocycles. The average Bonchev–Trinajstić information content (AvgIpc) is 2.24. The molecule has 0 unspecified atom stereocenters. The zero-order valence-corrected chi connectivity index (χ0v) is 7.50. The van der Waals surface area contributed by atoms with Crippen LogP contribution in [0.4, 0.5) is 5.82 Å². The molecule has 0 saturated heterocycles. The van der Waals surface area contributed by atoms with Crippen LogP contribution in [0, 0.1) is 17.0 Å². The van der Waals surface area contributed by atoms with Crippen LogP contribution in [-0.2, 0) is 6.54 Å². The van der Waals surface area contributed by atoms with Gasteiger partial charge in [-0.2, -0.15) is 4.98 Å². The van der Waals surface area contributed by atoms with E-state index in [1.54, 1.807) is 13.8 Å². The van der Waals surface area contributed by atoms with Crippen molar-refractivity contribution in [2.45, 2.75) is 20.4 Å². The minimum atomic E-state index is -0.522. The van der Waals surface area contributed by atoms with Crippen molar-refractivity contribution < 1.29 is 4.92 Å². The third-order valence-corrected chi connectivity index (χ3v) is 1.83. The van der Waals surface area contributed by atoms with Crippen molar-refractivity contribution >= 4 is 17.4 Å². The molecule has 0 spiro atoms. The fourth-order valence-corrected chi connectivity index (χ4v) is 1.36. The van der Waals surface area contributed by atoms with E-state index >= 15 is 0 Å². The second-order valence-corrected chi connectivity index (χ2v) is 2.63. The van der Waals surface area contributed by atoms with Gasteiger partial charge in [0.25, 0.3) is 0 Å². The second-order valence-electron chi connectivity index (χ2n) is 2.27.